The zero-order valence-corrected chi connectivity index (χ0v) is 13.8. The van der Waals surface area contributed by atoms with Crippen LogP contribution in [0.25, 0.3) is 10.9 Å². The summed E-state index contributed by atoms with van der Waals surface area (Å²) >= 11 is 0. The van der Waals surface area contributed by atoms with Crippen molar-refractivity contribution in [2.75, 3.05) is 18.5 Å². The van der Waals surface area contributed by atoms with Gasteiger partial charge >= 0.3 is 0 Å². The first kappa shape index (κ1) is 15.1. The first-order chi connectivity index (χ1) is 11.8. The van der Waals surface area contributed by atoms with Gasteiger partial charge in [-0.2, -0.15) is 0 Å². The van der Waals surface area contributed by atoms with Crippen molar-refractivity contribution in [3.63, 3.8) is 0 Å². The smallest absolute Gasteiger partial charge is 0.137 e. The third kappa shape index (κ3) is 2.97. The third-order valence-electron chi connectivity index (χ3n) is 4.66. The van der Waals surface area contributed by atoms with Crippen molar-refractivity contribution < 1.29 is 4.74 Å². The van der Waals surface area contributed by atoms with Crippen molar-refractivity contribution >= 4 is 16.7 Å². The Labute approximate surface area is 141 Å². The topological polar surface area (TPSA) is 47.0 Å². The van der Waals surface area contributed by atoms with E-state index in [0.717, 1.165) is 36.3 Å². The molecule has 4 heteroatoms. The van der Waals surface area contributed by atoms with Crippen molar-refractivity contribution in [1.29, 1.82) is 0 Å². The van der Waals surface area contributed by atoms with Crippen LogP contribution in [-0.2, 0) is 4.74 Å². The van der Waals surface area contributed by atoms with E-state index >= 15 is 0 Å². The Morgan fingerprint density at radius 1 is 1.12 bits per heavy atom. The number of rotatable bonds is 4. The number of nitrogens with one attached hydrogen (secondary N) is 1. The highest BCUT2D eigenvalue weighted by atomic mass is 16.5. The summed E-state index contributed by atoms with van der Waals surface area (Å²) in [4.78, 5) is 8.79. The fourth-order valence-corrected chi connectivity index (χ4v) is 3.39. The Morgan fingerprint density at radius 3 is 2.88 bits per heavy atom. The summed E-state index contributed by atoms with van der Waals surface area (Å²) in [7, 11) is 0. The van der Waals surface area contributed by atoms with Crippen LogP contribution in [-0.4, -0.2) is 23.1 Å². The average molecular weight is 319 g/mol. The summed E-state index contributed by atoms with van der Waals surface area (Å²) < 4.78 is 5.97. The molecule has 0 bridgehead atoms. The molecule has 1 aromatic heterocycles. The summed E-state index contributed by atoms with van der Waals surface area (Å²) in [5.74, 6) is 1.35. The lowest BCUT2D eigenvalue weighted by Gasteiger charge is -2.20. The predicted molar refractivity (Wildman–Crippen MR) is 96.0 cm³/mol. The van der Waals surface area contributed by atoms with Crippen LogP contribution >= 0.6 is 0 Å². The maximum Gasteiger partial charge on any atom is 0.137 e. The van der Waals surface area contributed by atoms with Crippen molar-refractivity contribution in [2.45, 2.75) is 19.4 Å². The van der Waals surface area contributed by atoms with E-state index in [4.69, 9.17) is 4.74 Å². The second kappa shape index (κ2) is 6.57. The van der Waals surface area contributed by atoms with Crippen LogP contribution in [0.2, 0.25) is 0 Å². The highest BCUT2D eigenvalue weighted by Crippen LogP contribution is 2.34. The number of hydrogen-bond acceptors (Lipinski definition) is 4. The summed E-state index contributed by atoms with van der Waals surface area (Å²) in [6.07, 6.45) is 2.85. The Bertz CT molecular complexity index is 835. The third-order valence-corrected chi connectivity index (χ3v) is 4.66. The van der Waals surface area contributed by atoms with E-state index in [1.54, 1.807) is 6.33 Å². The maximum atomic E-state index is 5.97. The molecule has 1 aliphatic rings. The van der Waals surface area contributed by atoms with Gasteiger partial charge in [0.25, 0.3) is 0 Å². The van der Waals surface area contributed by atoms with Crippen LogP contribution < -0.4 is 5.32 Å². The summed E-state index contributed by atoms with van der Waals surface area (Å²) in [5.41, 5.74) is 3.44. The Hall–Kier alpha value is -2.46. The van der Waals surface area contributed by atoms with Crippen molar-refractivity contribution in [3.8, 4) is 0 Å². The van der Waals surface area contributed by atoms with E-state index in [0.29, 0.717) is 5.92 Å². The molecule has 3 aromatic rings. The van der Waals surface area contributed by atoms with Crippen molar-refractivity contribution in [3.05, 3.63) is 66.0 Å². The Kier molecular flexibility index (Phi) is 4.13. The largest absolute Gasteiger partial charge is 0.373 e. The van der Waals surface area contributed by atoms with Gasteiger partial charge < -0.3 is 10.1 Å². The molecular formula is C20H21N3O. The minimum Gasteiger partial charge on any atom is -0.373 e. The van der Waals surface area contributed by atoms with Crippen molar-refractivity contribution in [2.24, 2.45) is 5.92 Å². The zero-order chi connectivity index (χ0) is 16.4. The van der Waals surface area contributed by atoms with Gasteiger partial charge in [0.2, 0.25) is 0 Å². The standard InChI is InChI=1S/C20H21N3O/c1-14-7-8-18-17(11-14)20(23-13-22-18)21-12-16-9-10-24-19(16)15-5-3-2-4-6-15/h2-8,11,13,16,19H,9-10,12H2,1H3,(H,21,22,23). The monoisotopic (exact) mass is 319 g/mol. The van der Waals surface area contributed by atoms with Crippen LogP contribution in [0.3, 0.4) is 0 Å². The summed E-state index contributed by atoms with van der Waals surface area (Å²) in [6.45, 7) is 3.75. The van der Waals surface area contributed by atoms with Gasteiger partial charge in [0.1, 0.15) is 12.1 Å². The molecule has 0 saturated carbocycles. The molecule has 2 unspecified atom stereocenters. The van der Waals surface area contributed by atoms with E-state index in [2.05, 4.69) is 58.6 Å². The van der Waals surface area contributed by atoms with Gasteiger partial charge in [-0.05, 0) is 31.0 Å². The lowest BCUT2D eigenvalue weighted by molar-refractivity contribution is 0.0933. The van der Waals surface area contributed by atoms with Crippen LogP contribution in [0.5, 0.6) is 0 Å². The molecule has 1 aliphatic heterocycles. The molecule has 0 amide bonds. The van der Waals surface area contributed by atoms with Gasteiger partial charge in [0.15, 0.2) is 0 Å². The molecule has 1 saturated heterocycles. The lowest BCUT2D eigenvalue weighted by atomic mass is 9.95. The van der Waals surface area contributed by atoms with Gasteiger partial charge in [-0.1, -0.05) is 42.0 Å². The first-order valence-corrected chi connectivity index (χ1v) is 8.43. The fraction of sp³-hybridized carbons (Fsp3) is 0.300. The molecule has 4 rings (SSSR count). The molecule has 1 fully saturated rings. The highest BCUT2D eigenvalue weighted by Gasteiger charge is 2.29. The quantitative estimate of drug-likeness (QED) is 0.785. The highest BCUT2D eigenvalue weighted by molar-refractivity contribution is 5.89. The Morgan fingerprint density at radius 2 is 2.00 bits per heavy atom. The average Bonchev–Trinajstić information content (AvgIpc) is 3.09. The second-order valence-corrected chi connectivity index (χ2v) is 6.37. The molecule has 0 spiro atoms. The summed E-state index contributed by atoms with van der Waals surface area (Å²) in [6, 6.07) is 16.7. The maximum absolute atomic E-state index is 5.97. The number of nitrogens with zero attached hydrogens (tertiary/aromatic N) is 2. The van der Waals surface area contributed by atoms with E-state index in [-0.39, 0.29) is 6.10 Å². The minimum atomic E-state index is 0.161. The van der Waals surface area contributed by atoms with Crippen LogP contribution in [0.4, 0.5) is 5.82 Å². The number of fused-ring (bicyclic) bond motifs is 1. The van der Waals surface area contributed by atoms with E-state index in [1.165, 1.54) is 11.1 Å². The molecule has 1 N–H and O–H groups in total. The molecule has 4 nitrogen and oxygen atoms in total. The molecule has 24 heavy (non-hydrogen) atoms. The van der Waals surface area contributed by atoms with Crippen molar-refractivity contribution in [1.82, 2.24) is 9.97 Å². The molecule has 0 aliphatic carbocycles. The first-order valence-electron chi connectivity index (χ1n) is 8.43. The van der Waals surface area contributed by atoms with Gasteiger partial charge in [-0.3, -0.25) is 0 Å². The fourth-order valence-electron chi connectivity index (χ4n) is 3.39. The molecule has 2 heterocycles. The van der Waals surface area contributed by atoms with E-state index in [1.807, 2.05) is 12.1 Å². The number of anilines is 1. The predicted octanol–water partition coefficient (Wildman–Crippen LogP) is 4.13. The second-order valence-electron chi connectivity index (χ2n) is 6.37. The van der Waals surface area contributed by atoms with Crippen LogP contribution in [0, 0.1) is 12.8 Å². The van der Waals surface area contributed by atoms with Gasteiger partial charge in [0, 0.05) is 24.5 Å². The molecular weight excluding hydrogens is 298 g/mol. The Balaban J connectivity index is 1.53. The molecule has 2 aromatic carbocycles. The lowest BCUT2D eigenvalue weighted by Crippen LogP contribution is -2.18. The van der Waals surface area contributed by atoms with E-state index < -0.39 is 0 Å². The van der Waals surface area contributed by atoms with E-state index in [9.17, 15) is 0 Å². The normalized spacial score (nSPS) is 20.4. The zero-order valence-electron chi connectivity index (χ0n) is 13.8. The van der Waals surface area contributed by atoms with Gasteiger partial charge in [-0.15, -0.1) is 0 Å². The van der Waals surface area contributed by atoms with Crippen LogP contribution in [0.1, 0.15) is 23.7 Å². The number of hydrogen-bond donors (Lipinski definition) is 1. The molecule has 0 radical (unpaired) electrons. The molecule has 122 valence electrons. The number of aromatic nitrogens is 2. The minimum absolute atomic E-state index is 0.161. The van der Waals surface area contributed by atoms with Crippen LogP contribution in [0.15, 0.2) is 54.9 Å². The number of ether oxygens (including phenoxy) is 1. The number of benzene rings is 2. The van der Waals surface area contributed by atoms with Gasteiger partial charge in [0.05, 0.1) is 11.6 Å². The molecule has 2 atom stereocenters. The summed E-state index contributed by atoms with van der Waals surface area (Å²) in [5, 5.41) is 4.60. The number of aryl methyl sites for hydroxylation is 1. The van der Waals surface area contributed by atoms with Gasteiger partial charge in [-0.25, -0.2) is 9.97 Å². The SMILES string of the molecule is Cc1ccc2ncnc(NCC3CCOC3c3ccccc3)c2c1.